The zero-order chi connectivity index (χ0) is 22.8. The number of anilines is 1. The van der Waals surface area contributed by atoms with Crippen LogP contribution < -0.4 is 4.90 Å². The molecular formula is C27H30N4O2. The van der Waals surface area contributed by atoms with Crippen LogP contribution in [-0.2, 0) is 17.6 Å². The van der Waals surface area contributed by atoms with E-state index in [2.05, 4.69) is 41.4 Å². The number of nitrogens with zero attached hydrogens (tertiary/aromatic N) is 3. The predicted molar refractivity (Wildman–Crippen MR) is 128 cm³/mol. The lowest BCUT2D eigenvalue weighted by Gasteiger charge is -2.35. The summed E-state index contributed by atoms with van der Waals surface area (Å²) in [6.45, 7) is 3.50. The Bertz CT molecular complexity index is 1170. The molecule has 170 valence electrons. The van der Waals surface area contributed by atoms with Gasteiger partial charge in [0.2, 0.25) is 5.91 Å². The maximum atomic E-state index is 13.2. The van der Waals surface area contributed by atoms with Crippen molar-refractivity contribution in [2.45, 2.75) is 51.5 Å². The van der Waals surface area contributed by atoms with Crippen molar-refractivity contribution >= 4 is 17.5 Å². The minimum atomic E-state index is -0.0874. The number of amides is 2. The highest BCUT2D eigenvalue weighted by atomic mass is 16.2. The zero-order valence-corrected chi connectivity index (χ0v) is 19.1. The Hall–Kier alpha value is -3.41. The lowest BCUT2D eigenvalue weighted by molar-refractivity contribution is -0.135. The van der Waals surface area contributed by atoms with Gasteiger partial charge in [-0.25, -0.2) is 0 Å². The van der Waals surface area contributed by atoms with Gasteiger partial charge in [0, 0.05) is 25.2 Å². The van der Waals surface area contributed by atoms with Crippen molar-refractivity contribution in [1.82, 2.24) is 15.1 Å². The second-order valence-corrected chi connectivity index (χ2v) is 9.13. The number of rotatable bonds is 5. The first-order valence-electron chi connectivity index (χ1n) is 11.9. The van der Waals surface area contributed by atoms with E-state index >= 15 is 0 Å². The van der Waals surface area contributed by atoms with Crippen LogP contribution in [0, 0.1) is 6.92 Å². The first kappa shape index (κ1) is 21.4. The van der Waals surface area contributed by atoms with Gasteiger partial charge < -0.3 is 9.80 Å². The number of nitrogens with one attached hydrogen (secondary N) is 1. The molecule has 1 fully saturated rings. The van der Waals surface area contributed by atoms with Gasteiger partial charge in [-0.05, 0) is 62.3 Å². The highest BCUT2D eigenvalue weighted by molar-refractivity contribution is 6.06. The molecule has 0 aliphatic carbocycles. The Morgan fingerprint density at radius 2 is 1.94 bits per heavy atom. The molecule has 3 aromatic rings. The van der Waals surface area contributed by atoms with E-state index in [4.69, 9.17) is 0 Å². The van der Waals surface area contributed by atoms with Crippen LogP contribution in [0.5, 0.6) is 0 Å². The van der Waals surface area contributed by atoms with Crippen LogP contribution in [0.1, 0.15) is 64.6 Å². The van der Waals surface area contributed by atoms with Crippen LogP contribution in [0.2, 0.25) is 0 Å². The topological polar surface area (TPSA) is 69.3 Å². The summed E-state index contributed by atoms with van der Waals surface area (Å²) < 4.78 is 0. The van der Waals surface area contributed by atoms with E-state index in [0.29, 0.717) is 18.7 Å². The zero-order valence-electron chi connectivity index (χ0n) is 19.1. The van der Waals surface area contributed by atoms with Crippen molar-refractivity contribution < 1.29 is 9.59 Å². The van der Waals surface area contributed by atoms with Gasteiger partial charge >= 0.3 is 0 Å². The molecule has 1 aromatic heterocycles. The third-order valence-corrected chi connectivity index (χ3v) is 6.84. The Morgan fingerprint density at radius 1 is 1.06 bits per heavy atom. The van der Waals surface area contributed by atoms with Crippen LogP contribution >= 0.6 is 0 Å². The van der Waals surface area contributed by atoms with E-state index in [-0.39, 0.29) is 17.9 Å². The summed E-state index contributed by atoms with van der Waals surface area (Å²) in [6.07, 6.45) is 5.06. The summed E-state index contributed by atoms with van der Waals surface area (Å²) in [5.41, 5.74) is 5.84. The molecule has 0 radical (unpaired) electrons. The number of hydrogen-bond donors (Lipinski definition) is 1. The first-order chi connectivity index (χ1) is 16.1. The average molecular weight is 443 g/mol. The summed E-state index contributed by atoms with van der Waals surface area (Å²) >= 11 is 0. The summed E-state index contributed by atoms with van der Waals surface area (Å²) in [5, 5.41) is 7.43. The molecule has 33 heavy (non-hydrogen) atoms. The van der Waals surface area contributed by atoms with Gasteiger partial charge in [-0.1, -0.05) is 48.0 Å². The Labute approximate surface area is 194 Å². The molecule has 0 spiro atoms. The second kappa shape index (κ2) is 9.22. The number of fused-ring (bicyclic) bond motifs is 1. The molecule has 1 N–H and O–H groups in total. The number of hydrogen-bond acceptors (Lipinski definition) is 3. The summed E-state index contributed by atoms with van der Waals surface area (Å²) in [7, 11) is 0. The largest absolute Gasteiger partial charge is 0.334 e. The SMILES string of the molecule is Cc1cccc(CCC(=O)N2CCCCC2c2cc(C(=O)N3CCc4ccccc43)n[nH]2)c1. The number of benzene rings is 2. The molecule has 6 heteroatoms. The molecule has 2 aliphatic rings. The van der Waals surface area contributed by atoms with Gasteiger partial charge in [-0.2, -0.15) is 5.10 Å². The smallest absolute Gasteiger partial charge is 0.278 e. The van der Waals surface area contributed by atoms with Gasteiger partial charge in [0.05, 0.1) is 11.7 Å². The monoisotopic (exact) mass is 442 g/mol. The van der Waals surface area contributed by atoms with Gasteiger partial charge in [-0.3, -0.25) is 14.7 Å². The molecule has 3 heterocycles. The van der Waals surface area contributed by atoms with Crippen LogP contribution in [0.4, 0.5) is 5.69 Å². The van der Waals surface area contributed by atoms with Gasteiger partial charge in [0.15, 0.2) is 5.69 Å². The fraction of sp³-hybridized carbons (Fsp3) is 0.370. The number of aryl methyl sites for hydroxylation is 2. The van der Waals surface area contributed by atoms with Crippen LogP contribution in [-0.4, -0.2) is 40.0 Å². The molecule has 1 atom stereocenters. The second-order valence-electron chi connectivity index (χ2n) is 9.13. The van der Waals surface area contributed by atoms with Gasteiger partial charge in [0.25, 0.3) is 5.91 Å². The van der Waals surface area contributed by atoms with Crippen molar-refractivity contribution in [3.8, 4) is 0 Å². The van der Waals surface area contributed by atoms with Crippen molar-refractivity contribution in [2.24, 2.45) is 0 Å². The highest BCUT2D eigenvalue weighted by Gasteiger charge is 2.31. The Balaban J connectivity index is 1.29. The van der Waals surface area contributed by atoms with E-state index in [1.807, 2.05) is 35.2 Å². The number of likely N-dealkylation sites (tertiary alicyclic amines) is 1. The van der Waals surface area contributed by atoms with Gasteiger partial charge in [-0.15, -0.1) is 0 Å². The van der Waals surface area contributed by atoms with Crippen LogP contribution in [0.3, 0.4) is 0 Å². The minimum Gasteiger partial charge on any atom is -0.334 e. The Morgan fingerprint density at radius 3 is 2.82 bits per heavy atom. The standard InChI is InChI=1S/C27H30N4O2/c1-19-7-6-8-20(17-19)12-13-26(32)30-15-5-4-11-25(30)22-18-23(29-28-22)27(33)31-16-14-21-9-2-3-10-24(21)31/h2-3,6-10,17-18,25H,4-5,11-16H2,1H3,(H,28,29). The number of aromatic amines is 1. The summed E-state index contributed by atoms with van der Waals surface area (Å²) in [6, 6.07) is 18.2. The molecule has 0 bridgehead atoms. The number of carbonyl (C=O) groups is 2. The summed E-state index contributed by atoms with van der Waals surface area (Å²) in [4.78, 5) is 30.1. The number of carbonyl (C=O) groups excluding carboxylic acids is 2. The van der Waals surface area contributed by atoms with E-state index < -0.39 is 0 Å². The number of piperidine rings is 1. The lowest BCUT2D eigenvalue weighted by atomic mass is 9.98. The first-order valence-corrected chi connectivity index (χ1v) is 11.9. The molecular weight excluding hydrogens is 412 g/mol. The van der Waals surface area contributed by atoms with Crippen LogP contribution in [0.15, 0.2) is 54.6 Å². The van der Waals surface area contributed by atoms with E-state index in [1.54, 1.807) is 4.90 Å². The molecule has 2 aromatic carbocycles. The lowest BCUT2D eigenvalue weighted by Crippen LogP contribution is -2.38. The molecule has 5 rings (SSSR count). The molecule has 2 amide bonds. The Kier molecular flexibility index (Phi) is 5.99. The van der Waals surface area contributed by atoms with E-state index in [1.165, 1.54) is 16.7 Å². The third-order valence-electron chi connectivity index (χ3n) is 6.84. The maximum Gasteiger partial charge on any atom is 0.278 e. The molecule has 2 aliphatic heterocycles. The average Bonchev–Trinajstić information content (AvgIpc) is 3.50. The molecule has 1 unspecified atom stereocenters. The normalized spacial score (nSPS) is 17.8. The van der Waals surface area contributed by atoms with Crippen LogP contribution in [0.25, 0.3) is 0 Å². The number of aromatic nitrogens is 2. The maximum absolute atomic E-state index is 13.2. The van der Waals surface area contributed by atoms with Crippen molar-refractivity contribution in [2.75, 3.05) is 18.0 Å². The molecule has 0 saturated carbocycles. The number of para-hydroxylation sites is 1. The minimum absolute atomic E-state index is 0.0522. The van der Waals surface area contributed by atoms with Crippen molar-refractivity contribution in [3.05, 3.63) is 82.7 Å². The fourth-order valence-electron chi connectivity index (χ4n) is 5.12. The molecule has 6 nitrogen and oxygen atoms in total. The van der Waals surface area contributed by atoms with E-state index in [9.17, 15) is 9.59 Å². The highest BCUT2D eigenvalue weighted by Crippen LogP contribution is 2.32. The number of H-pyrrole nitrogens is 1. The van der Waals surface area contributed by atoms with Gasteiger partial charge in [0.1, 0.15) is 0 Å². The van der Waals surface area contributed by atoms with Crippen molar-refractivity contribution in [1.29, 1.82) is 0 Å². The summed E-state index contributed by atoms with van der Waals surface area (Å²) in [5.74, 6) is 0.0766. The quantitative estimate of drug-likeness (QED) is 0.627. The predicted octanol–water partition coefficient (Wildman–Crippen LogP) is 4.61. The van der Waals surface area contributed by atoms with E-state index in [0.717, 1.165) is 50.0 Å². The third kappa shape index (κ3) is 4.42. The molecule has 1 saturated heterocycles. The fourth-order valence-corrected chi connectivity index (χ4v) is 5.12. The van der Waals surface area contributed by atoms with Crippen molar-refractivity contribution in [3.63, 3.8) is 0 Å².